The molecule has 0 spiro atoms. The van der Waals surface area contributed by atoms with Gasteiger partial charge in [-0.1, -0.05) is 18.2 Å². The summed E-state index contributed by atoms with van der Waals surface area (Å²) >= 11 is 0. The number of benzene rings is 3. The Kier molecular flexibility index (Phi) is 4.33. The lowest BCUT2D eigenvalue weighted by Crippen LogP contribution is -2.37. The third kappa shape index (κ3) is 2.79. The molecule has 0 aromatic heterocycles. The third-order valence-corrected chi connectivity index (χ3v) is 7.09. The summed E-state index contributed by atoms with van der Waals surface area (Å²) in [6, 6.07) is 13.2. The van der Waals surface area contributed by atoms with Crippen molar-refractivity contribution in [2.45, 2.75) is 33.6 Å². The quantitative estimate of drug-likeness (QED) is 0.443. The molecule has 2 heterocycles. The standard InChI is InChI=1S/C27H22N4O3/c1-14-4-9-19(12-15(14)2)30-27(34)22(16(3)29-30)13-28-31-25(32)20-10-7-17-5-6-18-8-11-21(26(31)33)24(20)23(17)18/h4,7-13,22H,5-6H2,1-3H3/t22-/m1/s1. The summed E-state index contributed by atoms with van der Waals surface area (Å²) in [6.07, 6.45) is 3.18. The van der Waals surface area contributed by atoms with Gasteiger partial charge in [0.15, 0.2) is 0 Å². The van der Waals surface area contributed by atoms with Crippen LogP contribution in [0.1, 0.15) is 49.9 Å². The van der Waals surface area contributed by atoms with E-state index in [0.717, 1.165) is 39.7 Å². The molecule has 34 heavy (non-hydrogen) atoms. The minimum Gasteiger partial charge on any atom is -0.271 e. The highest BCUT2D eigenvalue weighted by atomic mass is 16.2. The van der Waals surface area contributed by atoms with Crippen LogP contribution in [0, 0.1) is 19.8 Å². The third-order valence-electron chi connectivity index (χ3n) is 7.09. The van der Waals surface area contributed by atoms with E-state index >= 15 is 0 Å². The summed E-state index contributed by atoms with van der Waals surface area (Å²) in [7, 11) is 0. The van der Waals surface area contributed by atoms with Crippen LogP contribution in [0.2, 0.25) is 0 Å². The number of nitrogens with zero attached hydrogens (tertiary/aromatic N) is 4. The number of hydrazone groups is 2. The van der Waals surface area contributed by atoms with E-state index in [2.05, 4.69) is 10.2 Å². The average Bonchev–Trinajstić information content (AvgIpc) is 3.37. The second kappa shape index (κ2) is 7.18. The highest BCUT2D eigenvalue weighted by molar-refractivity contribution is 6.27. The molecule has 3 aromatic rings. The van der Waals surface area contributed by atoms with Crippen LogP contribution in [0.25, 0.3) is 10.8 Å². The number of aryl methyl sites for hydroxylation is 4. The Balaban J connectivity index is 1.32. The van der Waals surface area contributed by atoms with Crippen LogP contribution in [0.4, 0.5) is 5.69 Å². The van der Waals surface area contributed by atoms with Crippen molar-refractivity contribution in [3.8, 4) is 0 Å². The molecule has 3 aliphatic rings. The first kappa shape index (κ1) is 20.5. The van der Waals surface area contributed by atoms with E-state index in [1.54, 1.807) is 19.1 Å². The Labute approximate surface area is 196 Å². The molecule has 0 saturated heterocycles. The zero-order valence-electron chi connectivity index (χ0n) is 19.1. The van der Waals surface area contributed by atoms with E-state index < -0.39 is 17.7 Å². The lowest BCUT2D eigenvalue weighted by Gasteiger charge is -2.24. The molecule has 1 aliphatic carbocycles. The maximum atomic E-state index is 13.2. The summed E-state index contributed by atoms with van der Waals surface area (Å²) in [5, 5.41) is 12.6. The van der Waals surface area contributed by atoms with Crippen LogP contribution in [0.5, 0.6) is 0 Å². The van der Waals surface area contributed by atoms with E-state index in [0.29, 0.717) is 22.5 Å². The summed E-state index contributed by atoms with van der Waals surface area (Å²) in [5.41, 5.74) is 6.68. The lowest BCUT2D eigenvalue weighted by molar-refractivity contribution is -0.118. The highest BCUT2D eigenvalue weighted by Crippen LogP contribution is 2.38. The van der Waals surface area contributed by atoms with Gasteiger partial charge in [0, 0.05) is 11.6 Å². The first-order valence-electron chi connectivity index (χ1n) is 11.3. The predicted molar refractivity (Wildman–Crippen MR) is 130 cm³/mol. The Hall–Kier alpha value is -4.13. The van der Waals surface area contributed by atoms with Crippen molar-refractivity contribution in [1.82, 2.24) is 5.01 Å². The van der Waals surface area contributed by atoms with Crippen LogP contribution in [0.15, 0.2) is 52.7 Å². The van der Waals surface area contributed by atoms with Gasteiger partial charge in [0.2, 0.25) is 0 Å². The normalized spacial score (nSPS) is 19.2. The molecule has 3 aromatic carbocycles. The lowest BCUT2D eigenvalue weighted by atomic mass is 9.92. The van der Waals surface area contributed by atoms with Gasteiger partial charge in [-0.05, 0) is 85.5 Å². The molecule has 168 valence electrons. The van der Waals surface area contributed by atoms with Gasteiger partial charge in [0.05, 0.1) is 22.5 Å². The number of anilines is 1. The zero-order valence-corrected chi connectivity index (χ0v) is 19.1. The molecule has 2 aliphatic heterocycles. The van der Waals surface area contributed by atoms with Crippen LogP contribution in [0.3, 0.4) is 0 Å². The largest absolute Gasteiger partial charge is 0.282 e. The average molecular weight is 450 g/mol. The van der Waals surface area contributed by atoms with E-state index in [-0.39, 0.29) is 5.91 Å². The fourth-order valence-corrected chi connectivity index (χ4v) is 5.04. The summed E-state index contributed by atoms with van der Waals surface area (Å²) in [4.78, 5) is 39.6. The molecule has 0 fully saturated rings. The molecule has 3 amide bonds. The van der Waals surface area contributed by atoms with E-state index in [4.69, 9.17) is 0 Å². The molecule has 0 radical (unpaired) electrons. The van der Waals surface area contributed by atoms with Crippen LogP contribution in [-0.4, -0.2) is 34.7 Å². The molecule has 0 saturated carbocycles. The number of rotatable bonds is 3. The number of carbonyl (C=O) groups is 3. The molecule has 0 N–H and O–H groups in total. The van der Waals surface area contributed by atoms with Crippen molar-refractivity contribution in [2.75, 3.05) is 5.01 Å². The fraction of sp³-hybridized carbons (Fsp3) is 0.222. The smallest absolute Gasteiger partial charge is 0.271 e. The number of amides is 3. The number of hydrogen-bond donors (Lipinski definition) is 0. The Morgan fingerprint density at radius 2 is 1.50 bits per heavy atom. The van der Waals surface area contributed by atoms with E-state index in [9.17, 15) is 14.4 Å². The van der Waals surface area contributed by atoms with Gasteiger partial charge in [-0.25, -0.2) is 0 Å². The first-order chi connectivity index (χ1) is 16.3. The van der Waals surface area contributed by atoms with Gasteiger partial charge in [-0.3, -0.25) is 14.4 Å². The topological polar surface area (TPSA) is 82.4 Å². The van der Waals surface area contributed by atoms with Crippen molar-refractivity contribution in [3.05, 3.63) is 75.8 Å². The number of hydrogen-bond acceptors (Lipinski definition) is 5. The molecule has 6 rings (SSSR count). The Morgan fingerprint density at radius 1 is 0.853 bits per heavy atom. The Bertz CT molecular complexity index is 1460. The summed E-state index contributed by atoms with van der Waals surface area (Å²) in [5.74, 6) is -1.98. The van der Waals surface area contributed by atoms with Gasteiger partial charge >= 0.3 is 0 Å². The van der Waals surface area contributed by atoms with Gasteiger partial charge in [0.25, 0.3) is 17.7 Å². The van der Waals surface area contributed by atoms with Crippen molar-refractivity contribution >= 4 is 46.1 Å². The number of imide groups is 1. The van der Waals surface area contributed by atoms with Crippen LogP contribution in [-0.2, 0) is 17.6 Å². The highest BCUT2D eigenvalue weighted by Gasteiger charge is 2.37. The second-order valence-corrected chi connectivity index (χ2v) is 9.12. The molecular formula is C27H22N4O3. The van der Waals surface area contributed by atoms with E-state index in [1.807, 2.05) is 44.2 Å². The molecule has 0 unspecified atom stereocenters. The van der Waals surface area contributed by atoms with Crippen molar-refractivity contribution in [1.29, 1.82) is 0 Å². The molecule has 0 bridgehead atoms. The van der Waals surface area contributed by atoms with Crippen LogP contribution < -0.4 is 5.01 Å². The first-order valence-corrected chi connectivity index (χ1v) is 11.3. The summed E-state index contributed by atoms with van der Waals surface area (Å²) < 4.78 is 0. The van der Waals surface area contributed by atoms with Crippen molar-refractivity contribution in [3.63, 3.8) is 0 Å². The van der Waals surface area contributed by atoms with Crippen molar-refractivity contribution in [2.24, 2.45) is 16.1 Å². The Morgan fingerprint density at radius 3 is 2.12 bits per heavy atom. The SMILES string of the molecule is CC1=NN(c2ccc(C)c(C)c2)C(=O)[C@@H]1C=NN1C(=O)c2ccc3c4c(ccc(c24)C1=O)CC3. The minimum absolute atomic E-state index is 0.274. The van der Waals surface area contributed by atoms with E-state index in [1.165, 1.54) is 22.4 Å². The molecule has 1 atom stereocenters. The molecular weight excluding hydrogens is 428 g/mol. The van der Waals surface area contributed by atoms with Gasteiger partial charge in [-0.15, -0.1) is 0 Å². The summed E-state index contributed by atoms with van der Waals surface area (Å²) in [6.45, 7) is 5.73. The van der Waals surface area contributed by atoms with Gasteiger partial charge < -0.3 is 0 Å². The monoisotopic (exact) mass is 450 g/mol. The molecule has 7 heteroatoms. The second-order valence-electron chi connectivity index (χ2n) is 9.12. The molecule has 7 nitrogen and oxygen atoms in total. The van der Waals surface area contributed by atoms with Gasteiger partial charge in [0.1, 0.15) is 5.92 Å². The maximum Gasteiger partial charge on any atom is 0.282 e. The van der Waals surface area contributed by atoms with Crippen molar-refractivity contribution < 1.29 is 14.4 Å². The van der Waals surface area contributed by atoms with Crippen LogP contribution >= 0.6 is 0 Å². The maximum absolute atomic E-state index is 13.2. The van der Waals surface area contributed by atoms with Gasteiger partial charge in [-0.2, -0.15) is 20.2 Å². The fourth-order valence-electron chi connectivity index (χ4n) is 5.04. The minimum atomic E-state index is -0.754. The number of carbonyl (C=O) groups excluding carboxylic acids is 3. The predicted octanol–water partition coefficient (Wildman–Crippen LogP) is 4.18. The zero-order chi connectivity index (χ0) is 23.7.